The number of hydrogen-bond acceptors (Lipinski definition) is 4. The van der Waals surface area contributed by atoms with E-state index < -0.39 is 11.0 Å². The molecule has 0 unspecified atom stereocenters. The van der Waals surface area contributed by atoms with Crippen molar-refractivity contribution in [2.45, 2.75) is 57.9 Å². The Bertz CT molecular complexity index is 1110. The van der Waals surface area contributed by atoms with E-state index in [0.717, 1.165) is 36.2 Å². The number of nitrogens with one attached hydrogen (secondary N) is 1. The van der Waals surface area contributed by atoms with Crippen molar-refractivity contribution in [1.82, 2.24) is 14.6 Å². The minimum Gasteiger partial charge on any atom is -0.373 e. The molecule has 2 aromatic heterocycles. The number of nitrogens with zero attached hydrogens (tertiary/aromatic N) is 3. The first-order chi connectivity index (χ1) is 12.8. The highest BCUT2D eigenvalue weighted by Gasteiger charge is 2.47. The summed E-state index contributed by atoms with van der Waals surface area (Å²) in [6.07, 6.45) is 5.03. The number of benzene rings is 1. The zero-order chi connectivity index (χ0) is 19.0. The maximum Gasteiger partial charge on any atom is 0.167 e. The minimum atomic E-state index is -0.553. The molecule has 5 rings (SSSR count). The van der Waals surface area contributed by atoms with E-state index in [4.69, 9.17) is 0 Å². The van der Waals surface area contributed by atoms with Gasteiger partial charge in [0.25, 0.3) is 0 Å². The number of ketones is 1. The smallest absolute Gasteiger partial charge is 0.167 e. The highest BCUT2D eigenvalue weighted by atomic mass is 16.1. The van der Waals surface area contributed by atoms with Crippen LogP contribution in [0.3, 0.4) is 0 Å². The summed E-state index contributed by atoms with van der Waals surface area (Å²) >= 11 is 0. The zero-order valence-corrected chi connectivity index (χ0v) is 16.3. The van der Waals surface area contributed by atoms with Crippen LogP contribution >= 0.6 is 0 Å². The lowest BCUT2D eigenvalue weighted by molar-refractivity contribution is -0.127. The predicted molar refractivity (Wildman–Crippen MR) is 106 cm³/mol. The molecule has 0 saturated carbocycles. The molecule has 2 aliphatic rings. The summed E-state index contributed by atoms with van der Waals surface area (Å²) in [5.74, 6) is 0.230. The Morgan fingerprint density at radius 3 is 2.70 bits per heavy atom. The molecule has 0 saturated heterocycles. The number of anilines is 1. The van der Waals surface area contributed by atoms with E-state index in [1.165, 1.54) is 22.4 Å². The molecule has 0 spiro atoms. The zero-order valence-electron chi connectivity index (χ0n) is 16.3. The van der Waals surface area contributed by atoms with Crippen LogP contribution in [0.15, 0.2) is 30.6 Å². The van der Waals surface area contributed by atoms with Crippen molar-refractivity contribution in [1.29, 1.82) is 0 Å². The molecule has 0 amide bonds. The van der Waals surface area contributed by atoms with Gasteiger partial charge in [0.05, 0.1) is 16.6 Å². The molecule has 0 atom stereocenters. The summed E-state index contributed by atoms with van der Waals surface area (Å²) in [5.41, 5.74) is 7.10. The van der Waals surface area contributed by atoms with Crippen LogP contribution in [-0.2, 0) is 23.1 Å². The molecular formula is C22H24N4O. The number of hydrogen-bond donors (Lipinski definition) is 1. The topological polar surface area (TPSA) is 59.3 Å². The van der Waals surface area contributed by atoms with Gasteiger partial charge in [-0.15, -0.1) is 10.2 Å². The summed E-state index contributed by atoms with van der Waals surface area (Å²) in [7, 11) is 0. The summed E-state index contributed by atoms with van der Waals surface area (Å²) in [6.45, 7) is 8.10. The van der Waals surface area contributed by atoms with Crippen molar-refractivity contribution >= 4 is 17.1 Å². The SMILES string of the molecule is CC1(C)Nc2c(cc(-c3cccc4nncn34)c3c2CCC3)C(C)(C)C1=O. The second-order valence-corrected chi connectivity index (χ2v) is 8.83. The molecule has 0 fully saturated rings. The van der Waals surface area contributed by atoms with E-state index in [9.17, 15) is 4.79 Å². The molecule has 5 heteroatoms. The van der Waals surface area contributed by atoms with Gasteiger partial charge in [0.2, 0.25) is 0 Å². The van der Waals surface area contributed by atoms with Gasteiger partial charge in [-0.2, -0.15) is 0 Å². The Morgan fingerprint density at radius 2 is 1.89 bits per heavy atom. The molecule has 0 radical (unpaired) electrons. The second-order valence-electron chi connectivity index (χ2n) is 8.83. The van der Waals surface area contributed by atoms with Gasteiger partial charge in [0, 0.05) is 11.3 Å². The van der Waals surface area contributed by atoms with E-state index in [0.29, 0.717) is 0 Å². The van der Waals surface area contributed by atoms with Crippen LogP contribution in [0.25, 0.3) is 16.9 Å². The number of carbonyl (C=O) groups is 1. The Balaban J connectivity index is 1.84. The fourth-order valence-corrected chi connectivity index (χ4v) is 4.99. The third kappa shape index (κ3) is 2.14. The van der Waals surface area contributed by atoms with Gasteiger partial charge in [-0.05, 0) is 81.8 Å². The molecular weight excluding hydrogens is 336 g/mol. The summed E-state index contributed by atoms with van der Waals surface area (Å²) < 4.78 is 2.04. The Kier molecular flexibility index (Phi) is 3.16. The fourth-order valence-electron chi connectivity index (χ4n) is 4.99. The summed E-state index contributed by atoms with van der Waals surface area (Å²) in [6, 6.07) is 8.34. The van der Waals surface area contributed by atoms with Gasteiger partial charge in [0.1, 0.15) is 6.33 Å². The van der Waals surface area contributed by atoms with Crippen molar-refractivity contribution in [3.63, 3.8) is 0 Å². The predicted octanol–water partition coefficient (Wildman–Crippen LogP) is 3.94. The summed E-state index contributed by atoms with van der Waals surface area (Å²) in [4.78, 5) is 13.2. The number of Topliss-reactive ketones (excluding diaryl/α,β-unsaturated/α-hetero) is 1. The van der Waals surface area contributed by atoms with Crippen LogP contribution in [0.1, 0.15) is 50.8 Å². The van der Waals surface area contributed by atoms with E-state index in [-0.39, 0.29) is 5.78 Å². The van der Waals surface area contributed by atoms with Crippen molar-refractivity contribution in [2.24, 2.45) is 0 Å². The van der Waals surface area contributed by atoms with Crippen LogP contribution in [0.2, 0.25) is 0 Å². The third-order valence-electron chi connectivity index (χ3n) is 6.26. The van der Waals surface area contributed by atoms with Crippen molar-refractivity contribution in [2.75, 3.05) is 5.32 Å². The van der Waals surface area contributed by atoms with Gasteiger partial charge in [-0.1, -0.05) is 6.07 Å². The average Bonchev–Trinajstić information content (AvgIpc) is 3.29. The highest BCUT2D eigenvalue weighted by molar-refractivity contribution is 6.03. The Labute approximate surface area is 158 Å². The average molecular weight is 360 g/mol. The maximum absolute atomic E-state index is 13.2. The van der Waals surface area contributed by atoms with Crippen LogP contribution < -0.4 is 5.32 Å². The van der Waals surface area contributed by atoms with Crippen LogP contribution in [0.4, 0.5) is 5.69 Å². The van der Waals surface area contributed by atoms with Crippen LogP contribution in [-0.4, -0.2) is 25.9 Å². The molecule has 1 N–H and O–H groups in total. The number of aromatic nitrogens is 3. The monoisotopic (exact) mass is 360 g/mol. The first kappa shape index (κ1) is 16.5. The van der Waals surface area contributed by atoms with Crippen LogP contribution in [0, 0.1) is 0 Å². The maximum atomic E-state index is 13.2. The third-order valence-corrected chi connectivity index (χ3v) is 6.26. The molecule has 27 heavy (non-hydrogen) atoms. The van der Waals surface area contributed by atoms with Gasteiger partial charge in [-0.3, -0.25) is 9.20 Å². The van der Waals surface area contributed by atoms with Crippen molar-refractivity contribution in [3.8, 4) is 11.3 Å². The summed E-state index contributed by atoms with van der Waals surface area (Å²) in [5, 5.41) is 11.8. The Hall–Kier alpha value is -2.69. The second kappa shape index (κ2) is 5.18. The van der Waals surface area contributed by atoms with Gasteiger partial charge in [0.15, 0.2) is 11.4 Å². The van der Waals surface area contributed by atoms with Crippen LogP contribution in [0.5, 0.6) is 0 Å². The number of fused-ring (bicyclic) bond motifs is 4. The molecule has 5 nitrogen and oxygen atoms in total. The number of rotatable bonds is 1. The molecule has 1 aromatic carbocycles. The normalized spacial score (nSPS) is 19.6. The van der Waals surface area contributed by atoms with E-state index in [2.05, 4.69) is 41.5 Å². The molecule has 0 bridgehead atoms. The lowest BCUT2D eigenvalue weighted by Gasteiger charge is -2.43. The minimum absolute atomic E-state index is 0.230. The molecule has 3 aromatic rings. The quantitative estimate of drug-likeness (QED) is 0.714. The first-order valence-corrected chi connectivity index (χ1v) is 9.62. The van der Waals surface area contributed by atoms with Gasteiger partial charge in [-0.25, -0.2) is 0 Å². The Morgan fingerprint density at radius 1 is 1.11 bits per heavy atom. The van der Waals surface area contributed by atoms with Gasteiger partial charge >= 0.3 is 0 Å². The standard InChI is InChI=1S/C22H24N4O/c1-21(2)16-11-15(17-9-6-10-18-25-23-12-26(17)18)13-7-5-8-14(13)19(16)24-22(3,4)20(21)27/h6,9-12,24H,5,7-8H2,1-4H3. The van der Waals surface area contributed by atoms with E-state index >= 15 is 0 Å². The van der Waals surface area contributed by atoms with E-state index in [1.807, 2.05) is 30.4 Å². The number of carbonyl (C=O) groups excluding carboxylic acids is 1. The molecule has 1 aliphatic carbocycles. The molecule has 3 heterocycles. The lowest BCUT2D eigenvalue weighted by atomic mass is 9.68. The van der Waals surface area contributed by atoms with Crippen molar-refractivity contribution in [3.05, 3.63) is 47.3 Å². The fraction of sp³-hybridized carbons (Fsp3) is 0.409. The van der Waals surface area contributed by atoms with Gasteiger partial charge < -0.3 is 5.32 Å². The first-order valence-electron chi connectivity index (χ1n) is 9.62. The lowest BCUT2D eigenvalue weighted by Crippen LogP contribution is -2.53. The van der Waals surface area contributed by atoms with E-state index in [1.54, 1.807) is 6.33 Å². The largest absolute Gasteiger partial charge is 0.373 e. The molecule has 1 aliphatic heterocycles. The highest BCUT2D eigenvalue weighted by Crippen LogP contribution is 2.48. The molecule has 138 valence electrons. The number of pyridine rings is 1. The van der Waals surface area contributed by atoms with Crippen molar-refractivity contribution < 1.29 is 4.79 Å².